The highest BCUT2D eigenvalue weighted by Crippen LogP contribution is 2.15. The lowest BCUT2D eigenvalue weighted by atomic mass is 9.98. The zero-order valence-corrected chi connectivity index (χ0v) is 12.1. The lowest BCUT2D eigenvalue weighted by Crippen LogP contribution is -2.50. The fraction of sp³-hybridized carbons (Fsp3) is 0.846. The second-order valence-corrected chi connectivity index (χ2v) is 5.48. The van der Waals surface area contributed by atoms with Crippen LogP contribution in [0.3, 0.4) is 0 Å². The van der Waals surface area contributed by atoms with Crippen molar-refractivity contribution in [2.24, 2.45) is 5.41 Å². The molecule has 0 aromatic heterocycles. The second-order valence-electron chi connectivity index (χ2n) is 5.48. The van der Waals surface area contributed by atoms with E-state index in [-0.39, 0.29) is 6.79 Å². The first kappa shape index (κ1) is 15.9. The number of rotatable bonds is 4. The molecule has 6 nitrogen and oxygen atoms in total. The van der Waals surface area contributed by atoms with E-state index in [9.17, 15) is 9.59 Å². The van der Waals surface area contributed by atoms with E-state index in [1.807, 2.05) is 11.8 Å². The summed E-state index contributed by atoms with van der Waals surface area (Å²) in [5.74, 6) is -0.809. The molecular weight excluding hydrogens is 250 g/mol. The van der Waals surface area contributed by atoms with Crippen LogP contribution in [0.4, 0.5) is 0 Å². The first-order valence-electron chi connectivity index (χ1n) is 6.52. The fourth-order valence-electron chi connectivity index (χ4n) is 1.69. The number of carbonyl (C=O) groups excluding carboxylic acids is 2. The first-order valence-corrected chi connectivity index (χ1v) is 6.52. The maximum atomic E-state index is 11.9. The van der Waals surface area contributed by atoms with Crippen LogP contribution in [-0.4, -0.2) is 56.0 Å². The molecule has 19 heavy (non-hydrogen) atoms. The quantitative estimate of drug-likeness (QED) is 0.557. The molecule has 1 rings (SSSR count). The van der Waals surface area contributed by atoms with Crippen LogP contribution in [0.5, 0.6) is 0 Å². The summed E-state index contributed by atoms with van der Waals surface area (Å²) in [6.07, 6.45) is 0. The second kappa shape index (κ2) is 6.86. The van der Waals surface area contributed by atoms with Crippen LogP contribution >= 0.6 is 0 Å². The van der Waals surface area contributed by atoms with E-state index in [4.69, 9.17) is 14.2 Å². The van der Waals surface area contributed by atoms with Crippen molar-refractivity contribution < 1.29 is 23.8 Å². The van der Waals surface area contributed by atoms with Crippen molar-refractivity contribution in [3.8, 4) is 0 Å². The lowest BCUT2D eigenvalue weighted by Gasteiger charge is -2.32. The highest BCUT2D eigenvalue weighted by atomic mass is 16.7. The Morgan fingerprint density at radius 3 is 2.58 bits per heavy atom. The normalized spacial score (nSPS) is 20.9. The maximum Gasteiger partial charge on any atom is 0.328 e. The Balaban J connectivity index is 2.36. The molecule has 1 aliphatic heterocycles. The van der Waals surface area contributed by atoms with Crippen molar-refractivity contribution in [1.29, 1.82) is 0 Å². The number of esters is 2. The van der Waals surface area contributed by atoms with Crippen molar-refractivity contribution in [3.63, 3.8) is 0 Å². The Bertz CT molecular complexity index is 323. The van der Waals surface area contributed by atoms with E-state index < -0.39 is 23.4 Å². The van der Waals surface area contributed by atoms with Gasteiger partial charge in [0.2, 0.25) is 6.79 Å². The Kier molecular flexibility index (Phi) is 5.75. The highest BCUT2D eigenvalue weighted by molar-refractivity contribution is 5.77. The Labute approximate surface area is 114 Å². The molecule has 0 N–H and O–H groups in total. The molecule has 1 fully saturated rings. The van der Waals surface area contributed by atoms with Crippen molar-refractivity contribution in [2.75, 3.05) is 33.1 Å². The van der Waals surface area contributed by atoms with Crippen molar-refractivity contribution in [1.82, 2.24) is 4.90 Å². The Hall–Kier alpha value is -1.14. The molecule has 0 aliphatic carbocycles. The third-order valence-electron chi connectivity index (χ3n) is 2.92. The van der Waals surface area contributed by atoms with Crippen LogP contribution < -0.4 is 0 Å². The summed E-state index contributed by atoms with van der Waals surface area (Å²) in [6.45, 7) is 9.26. The van der Waals surface area contributed by atoms with Crippen LogP contribution in [0.25, 0.3) is 0 Å². The molecule has 1 atom stereocenters. The van der Waals surface area contributed by atoms with E-state index in [1.165, 1.54) is 0 Å². The molecule has 1 heterocycles. The zero-order valence-electron chi connectivity index (χ0n) is 12.1. The molecule has 1 saturated heterocycles. The number of hydrogen-bond acceptors (Lipinski definition) is 6. The SMILES string of the molecule is CCN1CCOCC1C(=O)OCOC(=O)C(C)(C)C. The minimum absolute atomic E-state index is 0.319. The van der Waals surface area contributed by atoms with Crippen molar-refractivity contribution in [2.45, 2.75) is 33.7 Å². The van der Waals surface area contributed by atoms with E-state index in [0.717, 1.165) is 6.54 Å². The van der Waals surface area contributed by atoms with E-state index in [1.54, 1.807) is 20.8 Å². The molecule has 0 spiro atoms. The highest BCUT2D eigenvalue weighted by Gasteiger charge is 2.30. The third kappa shape index (κ3) is 4.80. The van der Waals surface area contributed by atoms with Gasteiger partial charge in [0.1, 0.15) is 6.04 Å². The van der Waals surface area contributed by atoms with Gasteiger partial charge < -0.3 is 14.2 Å². The summed E-state index contributed by atoms with van der Waals surface area (Å²) in [4.78, 5) is 25.3. The molecule has 0 amide bonds. The van der Waals surface area contributed by atoms with Crippen LogP contribution in [0.1, 0.15) is 27.7 Å². The van der Waals surface area contributed by atoms with Gasteiger partial charge in [-0.1, -0.05) is 6.92 Å². The molecule has 0 bridgehead atoms. The van der Waals surface area contributed by atoms with Gasteiger partial charge in [-0.15, -0.1) is 0 Å². The molecule has 0 aromatic carbocycles. The predicted octanol–water partition coefficient (Wildman–Crippen LogP) is 0.797. The summed E-state index contributed by atoms with van der Waals surface area (Å²) in [6, 6.07) is -0.410. The molecule has 0 aromatic rings. The standard InChI is InChI=1S/C13H23NO5/c1-5-14-6-7-17-8-10(14)11(15)18-9-19-12(16)13(2,3)4/h10H,5-9H2,1-4H3. The number of ether oxygens (including phenoxy) is 3. The van der Waals surface area contributed by atoms with Crippen LogP contribution in [0, 0.1) is 5.41 Å². The van der Waals surface area contributed by atoms with Gasteiger partial charge in [-0.25, -0.2) is 0 Å². The average Bonchev–Trinajstić information content (AvgIpc) is 2.37. The van der Waals surface area contributed by atoms with Crippen LogP contribution in [-0.2, 0) is 23.8 Å². The van der Waals surface area contributed by atoms with Crippen molar-refractivity contribution >= 4 is 11.9 Å². The van der Waals surface area contributed by atoms with Gasteiger partial charge in [-0.05, 0) is 27.3 Å². The van der Waals surface area contributed by atoms with Gasteiger partial charge >= 0.3 is 11.9 Å². The maximum absolute atomic E-state index is 11.9. The minimum atomic E-state index is -0.601. The molecule has 0 saturated carbocycles. The molecule has 0 radical (unpaired) electrons. The summed E-state index contributed by atoms with van der Waals surface area (Å²) in [5, 5.41) is 0. The van der Waals surface area contributed by atoms with E-state index in [2.05, 4.69) is 0 Å². The molecular formula is C13H23NO5. The van der Waals surface area contributed by atoms with Gasteiger partial charge in [0.05, 0.1) is 18.6 Å². The third-order valence-corrected chi connectivity index (χ3v) is 2.92. The minimum Gasteiger partial charge on any atom is -0.427 e. The summed E-state index contributed by atoms with van der Waals surface area (Å²) in [5.41, 5.74) is -0.601. The lowest BCUT2D eigenvalue weighted by molar-refractivity contribution is -0.179. The van der Waals surface area contributed by atoms with Gasteiger partial charge in [0, 0.05) is 6.54 Å². The summed E-state index contributed by atoms with van der Waals surface area (Å²) < 4.78 is 15.1. The summed E-state index contributed by atoms with van der Waals surface area (Å²) in [7, 11) is 0. The largest absolute Gasteiger partial charge is 0.427 e. The average molecular weight is 273 g/mol. The van der Waals surface area contributed by atoms with Gasteiger partial charge in [0.15, 0.2) is 0 Å². The van der Waals surface area contributed by atoms with Crippen LogP contribution in [0.15, 0.2) is 0 Å². The first-order chi connectivity index (χ1) is 8.86. The number of carbonyl (C=O) groups is 2. The van der Waals surface area contributed by atoms with E-state index >= 15 is 0 Å². The van der Waals surface area contributed by atoms with Gasteiger partial charge in [0.25, 0.3) is 0 Å². The summed E-state index contributed by atoms with van der Waals surface area (Å²) >= 11 is 0. The Morgan fingerprint density at radius 1 is 1.32 bits per heavy atom. The molecule has 1 aliphatic rings. The Morgan fingerprint density at radius 2 is 2.00 bits per heavy atom. The molecule has 1 unspecified atom stereocenters. The van der Waals surface area contributed by atoms with E-state index in [0.29, 0.717) is 19.8 Å². The fourth-order valence-corrected chi connectivity index (χ4v) is 1.69. The number of morpholine rings is 1. The number of likely N-dealkylation sites (N-methyl/N-ethyl adjacent to an activating group) is 1. The van der Waals surface area contributed by atoms with Crippen molar-refractivity contribution in [3.05, 3.63) is 0 Å². The number of hydrogen-bond donors (Lipinski definition) is 0. The monoisotopic (exact) mass is 273 g/mol. The topological polar surface area (TPSA) is 65.1 Å². The molecule has 110 valence electrons. The smallest absolute Gasteiger partial charge is 0.328 e. The zero-order chi connectivity index (χ0) is 14.5. The number of nitrogens with zero attached hydrogens (tertiary/aromatic N) is 1. The van der Waals surface area contributed by atoms with Crippen LogP contribution in [0.2, 0.25) is 0 Å². The molecule has 6 heteroatoms. The van der Waals surface area contributed by atoms with Gasteiger partial charge in [-0.3, -0.25) is 14.5 Å². The van der Waals surface area contributed by atoms with Gasteiger partial charge in [-0.2, -0.15) is 0 Å². The predicted molar refractivity (Wildman–Crippen MR) is 68.4 cm³/mol.